The highest BCUT2D eigenvalue weighted by molar-refractivity contribution is 5.92. The molecule has 1 rings (SSSR count). The van der Waals surface area contributed by atoms with Crippen molar-refractivity contribution in [3.05, 3.63) is 18.0 Å². The van der Waals surface area contributed by atoms with Gasteiger partial charge < -0.3 is 4.90 Å². The molecule has 0 N–H and O–H groups in total. The zero-order valence-corrected chi connectivity index (χ0v) is 8.48. The zero-order valence-electron chi connectivity index (χ0n) is 8.48. The van der Waals surface area contributed by atoms with Gasteiger partial charge in [-0.2, -0.15) is 5.10 Å². The summed E-state index contributed by atoms with van der Waals surface area (Å²) in [4.78, 5) is 13.3. The van der Waals surface area contributed by atoms with Gasteiger partial charge in [-0.05, 0) is 19.9 Å². The summed E-state index contributed by atoms with van der Waals surface area (Å²) in [6.07, 6.45) is 1.77. The van der Waals surface area contributed by atoms with Crippen molar-refractivity contribution in [3.63, 3.8) is 0 Å². The molecule has 1 aromatic rings. The monoisotopic (exact) mass is 181 g/mol. The van der Waals surface area contributed by atoms with Crippen molar-refractivity contribution in [1.29, 1.82) is 0 Å². The lowest BCUT2D eigenvalue weighted by atomic mass is 10.3. The molecule has 4 heteroatoms. The van der Waals surface area contributed by atoms with E-state index in [4.69, 9.17) is 0 Å². The minimum Gasteiger partial charge on any atom is -0.338 e. The maximum absolute atomic E-state index is 11.6. The standard InChI is InChI=1S/C9H15N3O/c1-7(2)12(4)9(13)8-5-6-11(3)10-8/h5-7H,1-4H3. The third-order valence-corrected chi connectivity index (χ3v) is 2.03. The number of aryl methyl sites for hydroxylation is 1. The van der Waals surface area contributed by atoms with Crippen LogP contribution in [0.1, 0.15) is 24.3 Å². The van der Waals surface area contributed by atoms with Crippen LogP contribution < -0.4 is 0 Å². The smallest absolute Gasteiger partial charge is 0.274 e. The van der Waals surface area contributed by atoms with Crippen molar-refractivity contribution in [2.75, 3.05) is 7.05 Å². The number of carbonyl (C=O) groups is 1. The lowest BCUT2D eigenvalue weighted by molar-refractivity contribution is 0.0748. The van der Waals surface area contributed by atoms with Gasteiger partial charge in [0.05, 0.1) is 0 Å². The SMILES string of the molecule is CC(C)N(C)C(=O)c1ccn(C)n1. The van der Waals surface area contributed by atoms with Gasteiger partial charge in [0.2, 0.25) is 0 Å². The fourth-order valence-electron chi connectivity index (χ4n) is 0.944. The van der Waals surface area contributed by atoms with Crippen LogP contribution in [0.5, 0.6) is 0 Å². The average molecular weight is 181 g/mol. The molecule has 1 heterocycles. The van der Waals surface area contributed by atoms with Crippen LogP contribution in [0.15, 0.2) is 12.3 Å². The van der Waals surface area contributed by atoms with Crippen molar-refractivity contribution in [2.45, 2.75) is 19.9 Å². The van der Waals surface area contributed by atoms with Gasteiger partial charge in [-0.3, -0.25) is 9.48 Å². The first-order valence-electron chi connectivity index (χ1n) is 4.29. The predicted molar refractivity (Wildman–Crippen MR) is 50.4 cm³/mol. The lowest BCUT2D eigenvalue weighted by Crippen LogP contribution is -2.33. The quantitative estimate of drug-likeness (QED) is 0.680. The Morgan fingerprint density at radius 2 is 2.23 bits per heavy atom. The van der Waals surface area contributed by atoms with Crippen LogP contribution in [0.4, 0.5) is 0 Å². The molecule has 72 valence electrons. The molecule has 1 aromatic heterocycles. The summed E-state index contributed by atoms with van der Waals surface area (Å²) in [7, 11) is 3.58. The first-order valence-corrected chi connectivity index (χ1v) is 4.29. The Hall–Kier alpha value is -1.32. The molecule has 13 heavy (non-hydrogen) atoms. The van der Waals surface area contributed by atoms with Gasteiger partial charge in [-0.1, -0.05) is 0 Å². The minimum atomic E-state index is -0.0319. The summed E-state index contributed by atoms with van der Waals surface area (Å²) in [6.45, 7) is 3.95. The Bertz CT molecular complexity index is 304. The molecule has 0 aromatic carbocycles. The van der Waals surface area contributed by atoms with E-state index in [9.17, 15) is 4.79 Å². The molecule has 0 saturated heterocycles. The van der Waals surface area contributed by atoms with Crippen molar-refractivity contribution in [1.82, 2.24) is 14.7 Å². The van der Waals surface area contributed by atoms with Crippen LogP contribution in [-0.2, 0) is 7.05 Å². The number of amides is 1. The van der Waals surface area contributed by atoms with Gasteiger partial charge in [0, 0.05) is 26.3 Å². The molecule has 4 nitrogen and oxygen atoms in total. The lowest BCUT2D eigenvalue weighted by Gasteiger charge is -2.19. The first kappa shape index (κ1) is 9.77. The second-order valence-electron chi connectivity index (χ2n) is 3.38. The highest BCUT2D eigenvalue weighted by Gasteiger charge is 2.15. The van der Waals surface area contributed by atoms with E-state index in [1.807, 2.05) is 13.8 Å². The van der Waals surface area contributed by atoms with Gasteiger partial charge in [0.1, 0.15) is 5.69 Å². The molecule has 0 spiro atoms. The van der Waals surface area contributed by atoms with Crippen LogP contribution >= 0.6 is 0 Å². The molecule has 0 aliphatic rings. The summed E-state index contributed by atoms with van der Waals surface area (Å²) in [5.74, 6) is -0.0319. The zero-order chi connectivity index (χ0) is 10.0. The number of rotatable bonds is 2. The summed E-state index contributed by atoms with van der Waals surface area (Å²) < 4.78 is 1.63. The Labute approximate surface area is 78.1 Å². The third-order valence-electron chi connectivity index (χ3n) is 2.03. The Morgan fingerprint density at radius 1 is 1.62 bits per heavy atom. The first-order chi connectivity index (χ1) is 6.02. The van der Waals surface area contributed by atoms with Gasteiger partial charge in [0.25, 0.3) is 5.91 Å². The fourth-order valence-corrected chi connectivity index (χ4v) is 0.944. The van der Waals surface area contributed by atoms with Crippen molar-refractivity contribution in [2.24, 2.45) is 7.05 Å². The minimum absolute atomic E-state index is 0.0319. The topological polar surface area (TPSA) is 38.1 Å². The van der Waals surface area contributed by atoms with Gasteiger partial charge >= 0.3 is 0 Å². The van der Waals surface area contributed by atoms with E-state index in [0.29, 0.717) is 5.69 Å². The van der Waals surface area contributed by atoms with Gasteiger partial charge in [-0.15, -0.1) is 0 Å². The summed E-state index contributed by atoms with van der Waals surface area (Å²) in [5, 5.41) is 4.04. The number of carbonyl (C=O) groups excluding carboxylic acids is 1. The predicted octanol–water partition coefficient (Wildman–Crippen LogP) is 0.901. The van der Waals surface area contributed by atoms with Crippen LogP contribution in [0.3, 0.4) is 0 Å². The molecule has 1 amide bonds. The van der Waals surface area contributed by atoms with Gasteiger partial charge in [0.15, 0.2) is 0 Å². The van der Waals surface area contributed by atoms with E-state index < -0.39 is 0 Å². The average Bonchev–Trinajstić information content (AvgIpc) is 2.49. The van der Waals surface area contributed by atoms with E-state index in [2.05, 4.69) is 5.10 Å². The van der Waals surface area contributed by atoms with E-state index in [1.54, 1.807) is 35.9 Å². The van der Waals surface area contributed by atoms with E-state index in [-0.39, 0.29) is 11.9 Å². The second kappa shape index (κ2) is 3.60. The maximum Gasteiger partial charge on any atom is 0.274 e. The fraction of sp³-hybridized carbons (Fsp3) is 0.556. The number of hydrogen-bond acceptors (Lipinski definition) is 2. The van der Waals surface area contributed by atoms with E-state index in [1.165, 1.54) is 0 Å². The molecule has 0 atom stereocenters. The molecule has 0 saturated carbocycles. The van der Waals surface area contributed by atoms with Crippen LogP contribution in [0.25, 0.3) is 0 Å². The highest BCUT2D eigenvalue weighted by atomic mass is 16.2. The van der Waals surface area contributed by atoms with E-state index in [0.717, 1.165) is 0 Å². The van der Waals surface area contributed by atoms with E-state index >= 15 is 0 Å². The molecule has 0 aliphatic heterocycles. The molecular formula is C9H15N3O. The maximum atomic E-state index is 11.6. The van der Waals surface area contributed by atoms with Crippen molar-refractivity contribution in [3.8, 4) is 0 Å². The normalized spacial score (nSPS) is 10.5. The van der Waals surface area contributed by atoms with Gasteiger partial charge in [-0.25, -0.2) is 0 Å². The number of nitrogens with zero attached hydrogens (tertiary/aromatic N) is 3. The molecule has 0 unspecified atom stereocenters. The third kappa shape index (κ3) is 2.08. The Balaban J connectivity index is 2.79. The molecule has 0 bridgehead atoms. The Kier molecular flexibility index (Phi) is 2.70. The van der Waals surface area contributed by atoms with Crippen LogP contribution in [0, 0.1) is 0 Å². The van der Waals surface area contributed by atoms with Crippen molar-refractivity contribution < 1.29 is 4.79 Å². The number of aromatic nitrogens is 2. The second-order valence-corrected chi connectivity index (χ2v) is 3.38. The Morgan fingerprint density at radius 3 is 2.62 bits per heavy atom. The molecule has 0 aliphatic carbocycles. The van der Waals surface area contributed by atoms with Crippen LogP contribution in [-0.4, -0.2) is 33.7 Å². The summed E-state index contributed by atoms with van der Waals surface area (Å²) >= 11 is 0. The van der Waals surface area contributed by atoms with Crippen LogP contribution in [0.2, 0.25) is 0 Å². The summed E-state index contributed by atoms with van der Waals surface area (Å²) in [5.41, 5.74) is 0.499. The highest BCUT2D eigenvalue weighted by Crippen LogP contribution is 2.02. The summed E-state index contributed by atoms with van der Waals surface area (Å²) in [6, 6.07) is 1.93. The largest absolute Gasteiger partial charge is 0.338 e. The van der Waals surface area contributed by atoms with Crippen molar-refractivity contribution >= 4 is 5.91 Å². The molecule has 0 radical (unpaired) electrons. The number of hydrogen-bond donors (Lipinski definition) is 0. The molecular weight excluding hydrogens is 166 g/mol. The molecule has 0 fully saturated rings.